The number of aliphatic hydroxyl groups excluding tert-OH is 1. The van der Waals surface area contributed by atoms with Gasteiger partial charge >= 0.3 is 5.97 Å². The molecule has 0 saturated heterocycles. The lowest BCUT2D eigenvalue weighted by atomic mass is 10.00. The normalized spacial score (nSPS) is 13.6. The van der Waals surface area contributed by atoms with Crippen LogP contribution in [0.2, 0.25) is 0 Å². The molecule has 0 spiro atoms. The molecule has 0 amide bonds. The van der Waals surface area contributed by atoms with Crippen LogP contribution in [0.3, 0.4) is 0 Å². The van der Waals surface area contributed by atoms with Gasteiger partial charge in [0.25, 0.3) is 0 Å². The van der Waals surface area contributed by atoms with Crippen LogP contribution in [0.25, 0.3) is 0 Å². The molecule has 76 valence electrons. The minimum absolute atomic E-state index is 0. The Hall–Kier alpha value is -0.570. The average molecular weight is 178 g/mol. The van der Waals surface area contributed by atoms with E-state index in [4.69, 9.17) is 10.2 Å². The van der Waals surface area contributed by atoms with E-state index in [1.54, 1.807) is 13.8 Å². The summed E-state index contributed by atoms with van der Waals surface area (Å²) in [7, 11) is 0. The first-order chi connectivity index (χ1) is 4.57. The number of hydrogen-bond acceptors (Lipinski definition) is 2. The predicted octanol–water partition coefficient (Wildman–Crippen LogP) is 2.14. The number of carboxylic acids is 1. The molecule has 2 N–H and O–H groups in total. The molecule has 0 bridgehead atoms. The van der Waals surface area contributed by atoms with Crippen LogP contribution < -0.4 is 0 Å². The zero-order chi connectivity index (χ0) is 8.15. The highest BCUT2D eigenvalue weighted by Gasteiger charge is 2.16. The van der Waals surface area contributed by atoms with Crippen molar-refractivity contribution in [2.75, 3.05) is 0 Å². The molecule has 0 aromatic heterocycles. The smallest absolute Gasteiger partial charge is 0.306 e. The molecule has 3 nitrogen and oxygen atoms in total. The van der Waals surface area contributed by atoms with Crippen molar-refractivity contribution in [3.05, 3.63) is 0 Å². The van der Waals surface area contributed by atoms with Gasteiger partial charge in [0.05, 0.1) is 12.0 Å². The number of carboxylic acid groups (broad SMARTS) is 1. The van der Waals surface area contributed by atoms with Crippen LogP contribution in [0.5, 0.6) is 0 Å². The lowest BCUT2D eigenvalue weighted by Crippen LogP contribution is -2.17. The number of aliphatic hydroxyl groups is 1. The molecule has 0 rings (SSSR count). The van der Waals surface area contributed by atoms with Gasteiger partial charge in [-0.05, 0) is 19.8 Å². The van der Waals surface area contributed by atoms with Gasteiger partial charge in [0.1, 0.15) is 0 Å². The summed E-state index contributed by atoms with van der Waals surface area (Å²) in [5, 5.41) is 17.4. The highest BCUT2D eigenvalue weighted by Crippen LogP contribution is 2.10. The van der Waals surface area contributed by atoms with Crippen molar-refractivity contribution in [3.63, 3.8) is 0 Å². The maximum atomic E-state index is 10.4. The van der Waals surface area contributed by atoms with Gasteiger partial charge in [-0.15, -0.1) is 0 Å². The molecule has 0 fully saturated rings. The monoisotopic (exact) mass is 178 g/mol. The van der Waals surface area contributed by atoms with Crippen molar-refractivity contribution < 1.29 is 15.0 Å². The van der Waals surface area contributed by atoms with Gasteiger partial charge in [-0.2, -0.15) is 0 Å². The molecule has 12 heavy (non-hydrogen) atoms. The second-order valence-electron chi connectivity index (χ2n) is 2.53. The number of aliphatic carboxylic acids is 1. The molecular weight excluding hydrogens is 156 g/mol. The molecule has 2 atom stereocenters. The van der Waals surface area contributed by atoms with E-state index in [0.29, 0.717) is 12.8 Å². The van der Waals surface area contributed by atoms with Gasteiger partial charge in [-0.25, -0.2) is 0 Å². The Labute approximate surface area is 75.4 Å². The lowest BCUT2D eigenvalue weighted by Gasteiger charge is -2.10. The van der Waals surface area contributed by atoms with Crippen LogP contribution in [0.15, 0.2) is 0 Å². The summed E-state index contributed by atoms with van der Waals surface area (Å²) in [6.45, 7) is 3.41. The largest absolute Gasteiger partial charge is 0.481 e. The summed E-state index contributed by atoms with van der Waals surface area (Å²) in [4.78, 5) is 10.4. The van der Waals surface area contributed by atoms with Gasteiger partial charge in [-0.3, -0.25) is 4.79 Å². The van der Waals surface area contributed by atoms with Crippen LogP contribution in [-0.4, -0.2) is 22.3 Å². The van der Waals surface area contributed by atoms with E-state index in [9.17, 15) is 4.79 Å². The molecule has 3 heteroatoms. The van der Waals surface area contributed by atoms with E-state index in [0.717, 1.165) is 0 Å². The molecule has 0 heterocycles. The van der Waals surface area contributed by atoms with Crippen LogP contribution >= 0.6 is 0 Å². The van der Waals surface area contributed by atoms with Crippen molar-refractivity contribution in [1.82, 2.24) is 0 Å². The van der Waals surface area contributed by atoms with Crippen LogP contribution in [0.1, 0.15) is 41.5 Å². The molecule has 2 unspecified atom stereocenters. The number of hydrogen-bond donors (Lipinski definition) is 2. The second kappa shape index (κ2) is 8.53. The Morgan fingerprint density at radius 2 is 1.83 bits per heavy atom. The standard InChI is InChI=1S/C7H14O3.2CH4/c1-3-6(7(9)10)4-5(2)8;;/h5-6,8H,3-4H2,1-2H3,(H,9,10);2*1H4. The van der Waals surface area contributed by atoms with Crippen LogP contribution in [-0.2, 0) is 4.79 Å². The number of carbonyl (C=O) groups is 1. The van der Waals surface area contributed by atoms with E-state index < -0.39 is 12.1 Å². The molecule has 0 radical (unpaired) electrons. The minimum Gasteiger partial charge on any atom is -0.481 e. The molecule has 0 aliphatic heterocycles. The van der Waals surface area contributed by atoms with E-state index in [1.165, 1.54) is 0 Å². The minimum atomic E-state index is -0.816. The summed E-state index contributed by atoms with van der Waals surface area (Å²) in [5.41, 5.74) is 0. The van der Waals surface area contributed by atoms with Gasteiger partial charge in [0.2, 0.25) is 0 Å². The van der Waals surface area contributed by atoms with Gasteiger partial charge < -0.3 is 10.2 Å². The fourth-order valence-corrected chi connectivity index (χ4v) is 0.854. The Balaban J connectivity index is -0.000000405. The molecule has 0 saturated carbocycles. The SMILES string of the molecule is C.C.CCC(CC(C)O)C(=O)O. The van der Waals surface area contributed by atoms with Crippen molar-refractivity contribution in [3.8, 4) is 0 Å². The summed E-state index contributed by atoms with van der Waals surface area (Å²) in [6.07, 6.45) is 0.424. The van der Waals surface area contributed by atoms with Crippen molar-refractivity contribution in [2.45, 2.75) is 47.6 Å². The Morgan fingerprint density at radius 3 is 1.92 bits per heavy atom. The lowest BCUT2D eigenvalue weighted by molar-refractivity contribution is -0.142. The molecule has 0 aliphatic rings. The first kappa shape index (κ1) is 17.5. The van der Waals surface area contributed by atoms with E-state index >= 15 is 0 Å². The summed E-state index contributed by atoms with van der Waals surface area (Å²) in [5.74, 6) is -1.21. The third-order valence-electron chi connectivity index (χ3n) is 1.47. The fraction of sp³-hybridized carbons (Fsp3) is 0.889. The van der Waals surface area contributed by atoms with Crippen LogP contribution in [0.4, 0.5) is 0 Å². The number of rotatable bonds is 4. The van der Waals surface area contributed by atoms with E-state index in [2.05, 4.69) is 0 Å². The van der Waals surface area contributed by atoms with Gasteiger partial charge in [-0.1, -0.05) is 21.8 Å². The van der Waals surface area contributed by atoms with Crippen molar-refractivity contribution in [2.24, 2.45) is 5.92 Å². The quantitative estimate of drug-likeness (QED) is 0.693. The molecule has 0 aromatic carbocycles. The van der Waals surface area contributed by atoms with E-state index in [-0.39, 0.29) is 20.8 Å². The average Bonchev–Trinajstić information content (AvgIpc) is 1.81. The fourth-order valence-electron chi connectivity index (χ4n) is 0.854. The van der Waals surface area contributed by atoms with E-state index in [1.807, 2.05) is 0 Å². The zero-order valence-electron chi connectivity index (χ0n) is 6.37. The zero-order valence-corrected chi connectivity index (χ0v) is 6.37. The topological polar surface area (TPSA) is 57.5 Å². The van der Waals surface area contributed by atoms with Crippen LogP contribution in [0, 0.1) is 5.92 Å². The molecular formula is C9H22O3. The molecule has 0 aliphatic carbocycles. The summed E-state index contributed by atoms with van der Waals surface area (Å²) >= 11 is 0. The maximum absolute atomic E-state index is 10.4. The third-order valence-corrected chi connectivity index (χ3v) is 1.47. The summed E-state index contributed by atoms with van der Waals surface area (Å²) in [6, 6.07) is 0. The third kappa shape index (κ3) is 7.54. The Bertz CT molecular complexity index is 110. The highest BCUT2D eigenvalue weighted by atomic mass is 16.4. The summed E-state index contributed by atoms with van der Waals surface area (Å²) < 4.78 is 0. The Morgan fingerprint density at radius 1 is 1.42 bits per heavy atom. The van der Waals surface area contributed by atoms with Gasteiger partial charge in [0.15, 0.2) is 0 Å². The van der Waals surface area contributed by atoms with Gasteiger partial charge in [0, 0.05) is 0 Å². The van der Waals surface area contributed by atoms with Crippen molar-refractivity contribution in [1.29, 1.82) is 0 Å². The molecule has 0 aromatic rings. The Kier molecular flexibility index (Phi) is 12.4. The maximum Gasteiger partial charge on any atom is 0.306 e. The highest BCUT2D eigenvalue weighted by molar-refractivity contribution is 5.69. The van der Waals surface area contributed by atoms with Crippen molar-refractivity contribution >= 4 is 5.97 Å². The second-order valence-corrected chi connectivity index (χ2v) is 2.53. The first-order valence-corrected chi connectivity index (χ1v) is 3.48. The first-order valence-electron chi connectivity index (χ1n) is 3.48. The predicted molar refractivity (Wildman–Crippen MR) is 51.2 cm³/mol.